The van der Waals surface area contributed by atoms with Crippen molar-refractivity contribution in [2.75, 3.05) is 10.6 Å². The number of anilines is 4. The summed E-state index contributed by atoms with van der Waals surface area (Å²) in [4.78, 5) is 15.5. The van der Waals surface area contributed by atoms with Crippen LogP contribution in [-0.2, 0) is 30.2 Å². The van der Waals surface area contributed by atoms with Crippen LogP contribution in [0.1, 0.15) is 29.2 Å². The van der Waals surface area contributed by atoms with Gasteiger partial charge in [0.15, 0.2) is 0 Å². The molecule has 1 aliphatic carbocycles. The number of aromatic nitrogens is 1. The minimum absolute atomic E-state index is 0.0772. The van der Waals surface area contributed by atoms with Gasteiger partial charge in [0.25, 0.3) is 0 Å². The highest BCUT2D eigenvalue weighted by molar-refractivity contribution is 5.81. The highest BCUT2D eigenvalue weighted by Crippen LogP contribution is 2.38. The Balaban J connectivity index is 1.66. The van der Waals surface area contributed by atoms with Crippen LogP contribution in [0.5, 0.6) is 0 Å². The van der Waals surface area contributed by atoms with Gasteiger partial charge in [-0.15, -0.1) is 0 Å². The Labute approximate surface area is 184 Å². The summed E-state index contributed by atoms with van der Waals surface area (Å²) in [6.07, 6.45) is -2.00. The van der Waals surface area contributed by atoms with Gasteiger partial charge in [0, 0.05) is 30.1 Å². The number of ketones is 1. The fourth-order valence-corrected chi connectivity index (χ4v) is 3.85. The summed E-state index contributed by atoms with van der Waals surface area (Å²) in [6.45, 7) is 5.47. The molecule has 0 saturated heterocycles. The largest absolute Gasteiger partial charge is 0.419 e. The lowest BCUT2D eigenvalue weighted by atomic mass is 10.1. The van der Waals surface area contributed by atoms with Crippen LogP contribution >= 0.6 is 0 Å². The van der Waals surface area contributed by atoms with E-state index in [1.807, 2.05) is 18.2 Å². The number of fused-ring (bicyclic) bond motifs is 1. The Hall–Kier alpha value is -3.61. The molecule has 0 atom stereocenters. The van der Waals surface area contributed by atoms with E-state index in [2.05, 4.69) is 22.2 Å². The van der Waals surface area contributed by atoms with Crippen molar-refractivity contribution >= 4 is 28.7 Å². The zero-order chi connectivity index (χ0) is 22.9. The number of nitrogens with zero attached hydrogens (tertiary/aromatic N) is 1. The van der Waals surface area contributed by atoms with Gasteiger partial charge in [-0.2, -0.15) is 13.2 Å². The molecule has 1 heterocycles. The zero-order valence-electron chi connectivity index (χ0n) is 17.5. The van der Waals surface area contributed by atoms with Crippen LogP contribution in [0.3, 0.4) is 0 Å². The molecule has 4 nitrogen and oxygen atoms in total. The molecule has 0 fully saturated rings. The van der Waals surface area contributed by atoms with E-state index in [-0.39, 0.29) is 23.7 Å². The van der Waals surface area contributed by atoms with Gasteiger partial charge in [0.05, 0.1) is 11.3 Å². The van der Waals surface area contributed by atoms with E-state index in [1.165, 1.54) is 18.6 Å². The second-order valence-corrected chi connectivity index (χ2v) is 7.99. The number of benzene rings is 2. The third-order valence-corrected chi connectivity index (χ3v) is 5.30. The Morgan fingerprint density at radius 2 is 1.78 bits per heavy atom. The summed E-state index contributed by atoms with van der Waals surface area (Å²) < 4.78 is 40.9. The third kappa shape index (κ3) is 4.82. The second-order valence-electron chi connectivity index (χ2n) is 7.99. The molecule has 7 heteroatoms. The van der Waals surface area contributed by atoms with Crippen LogP contribution < -0.4 is 10.6 Å². The quantitative estimate of drug-likeness (QED) is 0.440. The second kappa shape index (κ2) is 8.49. The number of rotatable bonds is 6. The lowest BCUT2D eigenvalue weighted by Crippen LogP contribution is -2.11. The smallest absolute Gasteiger partial charge is 0.355 e. The monoisotopic (exact) mass is 437 g/mol. The molecule has 164 valence electrons. The van der Waals surface area contributed by atoms with E-state index in [9.17, 15) is 18.0 Å². The number of carbonyl (C=O) groups excluding carboxylic acids is 1. The predicted molar refractivity (Wildman–Crippen MR) is 120 cm³/mol. The maximum absolute atomic E-state index is 13.6. The van der Waals surface area contributed by atoms with Gasteiger partial charge < -0.3 is 10.6 Å². The van der Waals surface area contributed by atoms with Crippen molar-refractivity contribution in [3.8, 4) is 0 Å². The van der Waals surface area contributed by atoms with E-state index in [1.54, 1.807) is 24.3 Å². The van der Waals surface area contributed by atoms with Crippen molar-refractivity contribution in [2.24, 2.45) is 0 Å². The van der Waals surface area contributed by atoms with E-state index >= 15 is 0 Å². The van der Waals surface area contributed by atoms with Gasteiger partial charge in [-0.1, -0.05) is 36.4 Å². The topological polar surface area (TPSA) is 54.0 Å². The maximum atomic E-state index is 13.6. The molecule has 2 N–H and O–H groups in total. The Kier molecular flexibility index (Phi) is 5.74. The molecule has 32 heavy (non-hydrogen) atoms. The molecule has 2 aromatic carbocycles. The average Bonchev–Trinajstić information content (AvgIpc) is 3.08. The van der Waals surface area contributed by atoms with E-state index in [0.717, 1.165) is 35.9 Å². The first-order valence-corrected chi connectivity index (χ1v) is 10.2. The van der Waals surface area contributed by atoms with Crippen LogP contribution in [0.15, 0.2) is 66.9 Å². The lowest BCUT2D eigenvalue weighted by Gasteiger charge is -2.18. The molecule has 3 aromatic rings. The fourth-order valence-electron chi connectivity index (χ4n) is 3.85. The Bertz CT molecular complexity index is 1200. The SMILES string of the molecule is C=C1Cc2ccc(Nc3cc(Nc4ccccc4CC(C)=O)c(C(F)(F)F)cn3)cc2C1. The van der Waals surface area contributed by atoms with Crippen molar-refractivity contribution in [1.82, 2.24) is 4.98 Å². The van der Waals surface area contributed by atoms with Gasteiger partial charge in [-0.25, -0.2) is 4.98 Å². The number of hydrogen-bond donors (Lipinski definition) is 2. The van der Waals surface area contributed by atoms with Crippen molar-refractivity contribution in [3.63, 3.8) is 0 Å². The number of nitrogens with one attached hydrogen (secondary N) is 2. The number of para-hydroxylation sites is 1. The van der Waals surface area contributed by atoms with Crippen molar-refractivity contribution in [2.45, 2.75) is 32.4 Å². The summed E-state index contributed by atoms with van der Waals surface area (Å²) in [7, 11) is 0. The number of allylic oxidation sites excluding steroid dienone is 1. The number of halogens is 3. The molecule has 0 unspecified atom stereocenters. The summed E-state index contributed by atoms with van der Waals surface area (Å²) in [5.41, 5.74) is 4.30. The van der Waals surface area contributed by atoms with E-state index < -0.39 is 11.7 Å². The highest BCUT2D eigenvalue weighted by atomic mass is 19.4. The van der Waals surface area contributed by atoms with Gasteiger partial charge in [0.1, 0.15) is 11.6 Å². The first-order valence-electron chi connectivity index (χ1n) is 10.2. The zero-order valence-corrected chi connectivity index (χ0v) is 17.5. The van der Waals surface area contributed by atoms with Crippen LogP contribution in [-0.4, -0.2) is 10.8 Å². The summed E-state index contributed by atoms with van der Waals surface area (Å²) in [5.74, 6) is 0.202. The lowest BCUT2D eigenvalue weighted by molar-refractivity contribution is -0.137. The average molecular weight is 437 g/mol. The number of pyridine rings is 1. The first-order chi connectivity index (χ1) is 15.2. The normalized spacial score (nSPS) is 13.1. The first kappa shape index (κ1) is 21.6. The van der Waals surface area contributed by atoms with Crippen LogP contribution in [0.25, 0.3) is 0 Å². The van der Waals surface area contributed by atoms with Gasteiger partial charge in [-0.3, -0.25) is 4.79 Å². The van der Waals surface area contributed by atoms with E-state index in [0.29, 0.717) is 11.3 Å². The molecule has 0 radical (unpaired) electrons. The molecule has 0 saturated carbocycles. The Morgan fingerprint density at radius 3 is 2.53 bits per heavy atom. The molecule has 0 spiro atoms. The van der Waals surface area contributed by atoms with Crippen LogP contribution in [0.4, 0.5) is 36.1 Å². The van der Waals surface area contributed by atoms with Crippen molar-refractivity contribution in [3.05, 3.63) is 89.1 Å². The molecule has 0 aliphatic heterocycles. The standard InChI is InChI=1S/C25H22F3N3O/c1-15-9-17-7-8-20(12-19(17)10-15)30-24-13-23(21(14-29-24)25(26,27)28)31-22-6-4-3-5-18(22)11-16(2)32/h3-8,12-14H,1,9-11H2,2H3,(H2,29,30,31). The summed E-state index contributed by atoms with van der Waals surface area (Å²) in [5, 5.41) is 5.96. The van der Waals surface area contributed by atoms with Gasteiger partial charge in [-0.05, 0) is 54.7 Å². The van der Waals surface area contributed by atoms with Gasteiger partial charge in [0.2, 0.25) is 0 Å². The minimum atomic E-state index is -4.59. The third-order valence-electron chi connectivity index (χ3n) is 5.30. The molecule has 4 rings (SSSR count). The van der Waals surface area contributed by atoms with Crippen molar-refractivity contribution < 1.29 is 18.0 Å². The van der Waals surface area contributed by atoms with Gasteiger partial charge >= 0.3 is 6.18 Å². The molecular formula is C25H22F3N3O. The highest BCUT2D eigenvalue weighted by Gasteiger charge is 2.34. The number of alkyl halides is 3. The van der Waals surface area contributed by atoms with Crippen LogP contribution in [0.2, 0.25) is 0 Å². The molecule has 0 bridgehead atoms. The number of Topliss-reactive ketones (excluding diaryl/α,β-unsaturated/α-hetero) is 1. The fraction of sp³-hybridized carbons (Fsp3) is 0.200. The summed E-state index contributed by atoms with van der Waals surface area (Å²) in [6, 6.07) is 14.0. The number of hydrogen-bond acceptors (Lipinski definition) is 4. The molecule has 0 amide bonds. The molecular weight excluding hydrogens is 415 g/mol. The summed E-state index contributed by atoms with van der Waals surface area (Å²) >= 11 is 0. The Morgan fingerprint density at radius 1 is 1.03 bits per heavy atom. The molecule has 1 aliphatic rings. The minimum Gasteiger partial charge on any atom is -0.355 e. The van der Waals surface area contributed by atoms with Crippen LogP contribution in [0, 0.1) is 0 Å². The maximum Gasteiger partial charge on any atom is 0.419 e. The van der Waals surface area contributed by atoms with Crippen molar-refractivity contribution in [1.29, 1.82) is 0 Å². The predicted octanol–water partition coefficient (Wildman–Crippen LogP) is 6.37. The van der Waals surface area contributed by atoms with E-state index in [4.69, 9.17) is 0 Å². The molecule has 1 aromatic heterocycles. The number of carbonyl (C=O) groups is 1.